The van der Waals surface area contributed by atoms with Crippen LogP contribution in [-0.4, -0.2) is 10.2 Å². The second kappa shape index (κ2) is 3.90. The molecule has 0 aliphatic rings. The Kier molecular flexibility index (Phi) is 3.38. The van der Waals surface area contributed by atoms with Gasteiger partial charge in [-0.3, -0.25) is 0 Å². The zero-order valence-corrected chi connectivity index (χ0v) is 9.83. The Labute approximate surface area is 91.9 Å². The molecular weight excluding hydrogens is 370 g/mol. The molecule has 60 valence electrons. The summed E-state index contributed by atoms with van der Waals surface area (Å²) in [7, 11) is 0. The largest absolute Gasteiger partial charge is 0.506 e. The molecule has 4 heteroatoms. The van der Waals surface area contributed by atoms with Gasteiger partial charge in [0.1, 0.15) is 5.75 Å². The number of halogens is 2. The van der Waals surface area contributed by atoms with Crippen LogP contribution in [0.1, 0.15) is 5.56 Å². The fourth-order valence-corrected chi connectivity index (χ4v) is 2.61. The first-order chi connectivity index (χ1) is 5.15. The van der Waals surface area contributed by atoms with Crippen molar-refractivity contribution in [3.63, 3.8) is 0 Å². The van der Waals surface area contributed by atoms with Gasteiger partial charge < -0.3 is 10.2 Å². The highest BCUT2D eigenvalue weighted by Crippen LogP contribution is 2.27. The number of aromatic hydroxyl groups is 1. The van der Waals surface area contributed by atoms with Gasteiger partial charge in [-0.1, -0.05) is 0 Å². The summed E-state index contributed by atoms with van der Waals surface area (Å²) < 4.78 is 1.55. The van der Waals surface area contributed by atoms with Gasteiger partial charge in [0.05, 0.1) is 13.7 Å². The number of phenolic OH excluding ortho intramolecular Hbond substituents is 1. The Bertz CT molecular complexity index is 250. The number of rotatable bonds is 1. The van der Waals surface area contributed by atoms with Crippen LogP contribution in [0.15, 0.2) is 12.1 Å². The van der Waals surface area contributed by atoms with Gasteiger partial charge in [0.25, 0.3) is 0 Å². The van der Waals surface area contributed by atoms with E-state index < -0.39 is 0 Å². The number of aliphatic hydroxyl groups excluding tert-OH is 1. The molecule has 2 nitrogen and oxygen atoms in total. The van der Waals surface area contributed by atoms with Crippen LogP contribution < -0.4 is 0 Å². The number of phenols is 1. The van der Waals surface area contributed by atoms with Crippen LogP contribution in [0.3, 0.4) is 0 Å². The van der Waals surface area contributed by atoms with E-state index in [1.54, 1.807) is 12.1 Å². The van der Waals surface area contributed by atoms with Crippen molar-refractivity contribution >= 4 is 45.2 Å². The lowest BCUT2D eigenvalue weighted by Crippen LogP contribution is -1.87. The van der Waals surface area contributed by atoms with Crippen molar-refractivity contribution in [2.24, 2.45) is 0 Å². The van der Waals surface area contributed by atoms with Crippen LogP contribution >= 0.6 is 45.2 Å². The molecule has 0 fully saturated rings. The van der Waals surface area contributed by atoms with E-state index in [4.69, 9.17) is 5.11 Å². The molecule has 0 aliphatic carbocycles. The first-order valence-electron chi connectivity index (χ1n) is 2.93. The van der Waals surface area contributed by atoms with E-state index in [1.165, 1.54) is 0 Å². The number of hydrogen-bond acceptors (Lipinski definition) is 2. The van der Waals surface area contributed by atoms with Crippen LogP contribution in [0.4, 0.5) is 0 Å². The standard InChI is InChI=1S/C7H6I2O2/c8-5-1-4(3-10)2-6(9)7(5)11/h1-2,10-11H,3H2. The molecule has 11 heavy (non-hydrogen) atoms. The van der Waals surface area contributed by atoms with E-state index >= 15 is 0 Å². The monoisotopic (exact) mass is 376 g/mol. The maximum atomic E-state index is 9.33. The van der Waals surface area contributed by atoms with E-state index in [1.807, 2.05) is 45.2 Å². The third-order valence-electron chi connectivity index (χ3n) is 1.26. The number of benzene rings is 1. The zero-order valence-electron chi connectivity index (χ0n) is 5.51. The number of hydrogen-bond donors (Lipinski definition) is 2. The molecule has 2 N–H and O–H groups in total. The SMILES string of the molecule is OCc1cc(I)c(O)c(I)c1. The van der Waals surface area contributed by atoms with E-state index in [9.17, 15) is 5.11 Å². The molecular formula is C7H6I2O2. The summed E-state index contributed by atoms with van der Waals surface area (Å²) in [5, 5.41) is 18.1. The third-order valence-corrected chi connectivity index (χ3v) is 2.90. The molecule has 0 saturated heterocycles. The van der Waals surface area contributed by atoms with Crippen molar-refractivity contribution < 1.29 is 10.2 Å². The molecule has 0 radical (unpaired) electrons. The smallest absolute Gasteiger partial charge is 0.142 e. The van der Waals surface area contributed by atoms with E-state index in [-0.39, 0.29) is 6.61 Å². The zero-order chi connectivity index (χ0) is 8.43. The van der Waals surface area contributed by atoms with Gasteiger partial charge in [0.15, 0.2) is 0 Å². The number of aliphatic hydroxyl groups is 1. The average Bonchev–Trinajstić information content (AvgIpc) is 1.99. The molecule has 0 spiro atoms. The summed E-state index contributed by atoms with van der Waals surface area (Å²) in [6.07, 6.45) is 0. The van der Waals surface area contributed by atoms with Crippen molar-refractivity contribution in [2.45, 2.75) is 6.61 Å². The predicted molar refractivity (Wildman–Crippen MR) is 59.5 cm³/mol. The van der Waals surface area contributed by atoms with Crippen LogP contribution in [0.25, 0.3) is 0 Å². The molecule has 0 atom stereocenters. The molecule has 1 aromatic carbocycles. The molecule has 0 aliphatic heterocycles. The van der Waals surface area contributed by atoms with Crippen molar-refractivity contribution in [2.75, 3.05) is 0 Å². The lowest BCUT2D eigenvalue weighted by Gasteiger charge is -2.02. The Morgan fingerprint density at radius 1 is 1.18 bits per heavy atom. The lowest BCUT2D eigenvalue weighted by atomic mass is 10.2. The van der Waals surface area contributed by atoms with Crippen molar-refractivity contribution in [3.8, 4) is 5.75 Å². The van der Waals surface area contributed by atoms with Gasteiger partial charge in [0, 0.05) is 0 Å². The van der Waals surface area contributed by atoms with Gasteiger partial charge in [-0.25, -0.2) is 0 Å². The second-order valence-corrected chi connectivity index (χ2v) is 4.39. The van der Waals surface area contributed by atoms with Crippen LogP contribution in [0.5, 0.6) is 5.75 Å². The molecule has 0 unspecified atom stereocenters. The molecule has 1 aromatic rings. The Balaban J connectivity index is 3.21. The van der Waals surface area contributed by atoms with E-state index in [0.717, 1.165) is 12.7 Å². The maximum absolute atomic E-state index is 9.33. The highest BCUT2D eigenvalue weighted by molar-refractivity contribution is 14.1. The van der Waals surface area contributed by atoms with Gasteiger partial charge in [-0.2, -0.15) is 0 Å². The summed E-state index contributed by atoms with van der Waals surface area (Å²) in [6, 6.07) is 3.52. The highest BCUT2D eigenvalue weighted by atomic mass is 127. The van der Waals surface area contributed by atoms with Gasteiger partial charge in [-0.05, 0) is 62.9 Å². The summed E-state index contributed by atoms with van der Waals surface area (Å²) in [5.74, 6) is 0.295. The minimum atomic E-state index is 0.0201. The molecule has 0 amide bonds. The molecule has 0 saturated carbocycles. The summed E-state index contributed by atoms with van der Waals surface area (Å²) in [6.45, 7) is 0.0201. The summed E-state index contributed by atoms with van der Waals surface area (Å²) >= 11 is 4.07. The van der Waals surface area contributed by atoms with E-state index in [0.29, 0.717) is 5.75 Å². The molecule has 0 aromatic heterocycles. The molecule has 0 heterocycles. The Morgan fingerprint density at radius 3 is 2.00 bits per heavy atom. The van der Waals surface area contributed by atoms with Crippen molar-refractivity contribution in [1.29, 1.82) is 0 Å². The van der Waals surface area contributed by atoms with Crippen LogP contribution in [0, 0.1) is 7.14 Å². The molecule has 0 bridgehead atoms. The fourth-order valence-electron chi connectivity index (χ4n) is 0.709. The van der Waals surface area contributed by atoms with E-state index in [2.05, 4.69) is 0 Å². The normalized spacial score (nSPS) is 10.1. The first-order valence-corrected chi connectivity index (χ1v) is 5.08. The Morgan fingerprint density at radius 2 is 1.64 bits per heavy atom. The van der Waals surface area contributed by atoms with Gasteiger partial charge in [-0.15, -0.1) is 0 Å². The summed E-state index contributed by atoms with van der Waals surface area (Å²) in [5.41, 5.74) is 0.830. The van der Waals surface area contributed by atoms with Crippen molar-refractivity contribution in [3.05, 3.63) is 24.8 Å². The summed E-state index contributed by atoms with van der Waals surface area (Å²) in [4.78, 5) is 0. The minimum Gasteiger partial charge on any atom is -0.506 e. The van der Waals surface area contributed by atoms with Gasteiger partial charge >= 0.3 is 0 Å². The second-order valence-electron chi connectivity index (χ2n) is 2.07. The minimum absolute atomic E-state index is 0.0201. The highest BCUT2D eigenvalue weighted by Gasteiger charge is 2.04. The predicted octanol–water partition coefficient (Wildman–Crippen LogP) is 2.09. The Hall–Kier alpha value is 0.440. The van der Waals surface area contributed by atoms with Gasteiger partial charge in [0.2, 0.25) is 0 Å². The van der Waals surface area contributed by atoms with Crippen LogP contribution in [-0.2, 0) is 6.61 Å². The quantitative estimate of drug-likeness (QED) is 0.738. The van der Waals surface area contributed by atoms with Crippen LogP contribution in [0.2, 0.25) is 0 Å². The molecule has 1 rings (SSSR count). The fraction of sp³-hybridized carbons (Fsp3) is 0.143. The average molecular weight is 376 g/mol. The topological polar surface area (TPSA) is 40.5 Å². The third kappa shape index (κ3) is 2.19. The maximum Gasteiger partial charge on any atom is 0.142 e. The first kappa shape index (κ1) is 9.53. The lowest BCUT2D eigenvalue weighted by molar-refractivity contribution is 0.281. The van der Waals surface area contributed by atoms with Crippen molar-refractivity contribution in [1.82, 2.24) is 0 Å².